The molecular weight excluding hydrogens is 205 g/mol. The molecule has 4 heteroatoms. The predicted octanol–water partition coefficient (Wildman–Crippen LogP) is 1.62. The Labute approximate surface area is 96.0 Å². The minimum Gasteiger partial charge on any atom is -0.314 e. The number of aryl methyl sites for hydroxylation is 2. The molecular formula is C12H20FN3. The van der Waals surface area contributed by atoms with Crippen molar-refractivity contribution in [3.63, 3.8) is 0 Å². The van der Waals surface area contributed by atoms with Crippen molar-refractivity contribution in [3.05, 3.63) is 17.5 Å². The molecule has 0 spiro atoms. The third kappa shape index (κ3) is 2.43. The summed E-state index contributed by atoms with van der Waals surface area (Å²) in [6.07, 6.45) is 2.97. The van der Waals surface area contributed by atoms with E-state index in [1.807, 2.05) is 17.8 Å². The van der Waals surface area contributed by atoms with Crippen LogP contribution in [0.4, 0.5) is 4.39 Å². The van der Waals surface area contributed by atoms with Crippen LogP contribution < -0.4 is 5.32 Å². The van der Waals surface area contributed by atoms with Gasteiger partial charge in [0.2, 0.25) is 0 Å². The fourth-order valence-corrected chi connectivity index (χ4v) is 2.32. The lowest BCUT2D eigenvalue weighted by Gasteiger charge is -2.30. The van der Waals surface area contributed by atoms with Gasteiger partial charge in [-0.25, -0.2) is 4.39 Å². The lowest BCUT2D eigenvalue weighted by molar-refractivity contribution is 0.120. The van der Waals surface area contributed by atoms with E-state index in [4.69, 9.17) is 0 Å². The molecule has 1 unspecified atom stereocenters. The molecule has 1 aliphatic heterocycles. The molecule has 2 heterocycles. The van der Waals surface area contributed by atoms with E-state index in [1.54, 1.807) is 0 Å². The minimum atomic E-state index is -1.09. The van der Waals surface area contributed by atoms with Crippen LogP contribution in [-0.2, 0) is 19.9 Å². The molecule has 0 saturated carbocycles. The predicted molar refractivity (Wildman–Crippen MR) is 62.2 cm³/mol. The Bertz CT molecular complexity index is 353. The van der Waals surface area contributed by atoms with Gasteiger partial charge in [0.05, 0.1) is 5.69 Å². The Morgan fingerprint density at radius 1 is 1.62 bits per heavy atom. The summed E-state index contributed by atoms with van der Waals surface area (Å²) in [5.74, 6) is 0. The lowest BCUT2D eigenvalue weighted by atomic mass is 9.91. The second-order valence-electron chi connectivity index (χ2n) is 4.71. The SMILES string of the molecule is CCc1cc(CC2(F)CCCNC2)n(C)n1. The Morgan fingerprint density at radius 2 is 2.44 bits per heavy atom. The van der Waals surface area contributed by atoms with Crippen LogP contribution in [0, 0.1) is 0 Å². The van der Waals surface area contributed by atoms with Gasteiger partial charge in [0.15, 0.2) is 0 Å². The summed E-state index contributed by atoms with van der Waals surface area (Å²) in [6.45, 7) is 3.48. The van der Waals surface area contributed by atoms with Crippen molar-refractivity contribution in [3.8, 4) is 0 Å². The highest BCUT2D eigenvalue weighted by Crippen LogP contribution is 2.25. The molecule has 0 bridgehead atoms. The van der Waals surface area contributed by atoms with Gasteiger partial charge >= 0.3 is 0 Å². The van der Waals surface area contributed by atoms with E-state index < -0.39 is 5.67 Å². The largest absolute Gasteiger partial charge is 0.314 e. The molecule has 16 heavy (non-hydrogen) atoms. The van der Waals surface area contributed by atoms with Crippen LogP contribution in [0.25, 0.3) is 0 Å². The fraction of sp³-hybridized carbons (Fsp3) is 0.750. The molecule has 90 valence electrons. The Balaban J connectivity index is 2.09. The third-order valence-electron chi connectivity index (χ3n) is 3.31. The van der Waals surface area contributed by atoms with Gasteiger partial charge in [-0.3, -0.25) is 4.68 Å². The highest BCUT2D eigenvalue weighted by molar-refractivity contribution is 5.13. The molecule has 0 aromatic carbocycles. The van der Waals surface area contributed by atoms with Crippen LogP contribution in [0.2, 0.25) is 0 Å². The third-order valence-corrected chi connectivity index (χ3v) is 3.31. The molecule has 1 atom stereocenters. The maximum atomic E-state index is 14.4. The number of alkyl halides is 1. The number of halogens is 1. The first-order valence-corrected chi connectivity index (χ1v) is 6.04. The standard InChI is InChI=1S/C12H20FN3/c1-3-10-7-11(16(2)15-10)8-12(13)5-4-6-14-9-12/h7,14H,3-6,8-9H2,1-2H3. The first-order chi connectivity index (χ1) is 7.63. The zero-order valence-corrected chi connectivity index (χ0v) is 10.1. The van der Waals surface area contributed by atoms with Crippen molar-refractivity contribution in [2.45, 2.75) is 38.3 Å². The zero-order chi connectivity index (χ0) is 11.6. The van der Waals surface area contributed by atoms with Crippen molar-refractivity contribution in [1.29, 1.82) is 0 Å². The number of hydrogen-bond acceptors (Lipinski definition) is 2. The van der Waals surface area contributed by atoms with E-state index in [1.165, 1.54) is 0 Å². The fourth-order valence-electron chi connectivity index (χ4n) is 2.32. The van der Waals surface area contributed by atoms with Crippen LogP contribution in [0.1, 0.15) is 31.2 Å². The van der Waals surface area contributed by atoms with Crippen LogP contribution >= 0.6 is 0 Å². The van der Waals surface area contributed by atoms with Gasteiger partial charge in [0, 0.05) is 25.7 Å². The van der Waals surface area contributed by atoms with E-state index in [-0.39, 0.29) is 0 Å². The van der Waals surface area contributed by atoms with Crippen molar-refractivity contribution >= 4 is 0 Å². The van der Waals surface area contributed by atoms with Gasteiger partial charge in [0.1, 0.15) is 5.67 Å². The van der Waals surface area contributed by atoms with Gasteiger partial charge in [-0.15, -0.1) is 0 Å². The van der Waals surface area contributed by atoms with Crippen LogP contribution in [0.3, 0.4) is 0 Å². The molecule has 1 fully saturated rings. The first-order valence-electron chi connectivity index (χ1n) is 6.04. The summed E-state index contributed by atoms with van der Waals surface area (Å²) in [5.41, 5.74) is 0.963. The Morgan fingerprint density at radius 3 is 3.00 bits per heavy atom. The average Bonchev–Trinajstić information content (AvgIpc) is 2.60. The molecule has 1 aromatic heterocycles. The van der Waals surface area contributed by atoms with Crippen LogP contribution in [0.5, 0.6) is 0 Å². The average molecular weight is 225 g/mol. The molecule has 2 rings (SSSR count). The summed E-state index contributed by atoms with van der Waals surface area (Å²) in [6, 6.07) is 2.02. The zero-order valence-electron chi connectivity index (χ0n) is 10.1. The normalized spacial score (nSPS) is 25.9. The van der Waals surface area contributed by atoms with Gasteiger partial charge in [0.25, 0.3) is 0 Å². The minimum absolute atomic E-state index is 0.472. The summed E-state index contributed by atoms with van der Waals surface area (Å²) in [7, 11) is 1.90. The molecule has 1 saturated heterocycles. The van der Waals surface area contributed by atoms with E-state index in [2.05, 4.69) is 17.3 Å². The van der Waals surface area contributed by atoms with Crippen molar-refractivity contribution in [1.82, 2.24) is 15.1 Å². The molecule has 1 N–H and O–H groups in total. The van der Waals surface area contributed by atoms with Crippen molar-refractivity contribution in [2.75, 3.05) is 13.1 Å². The summed E-state index contributed by atoms with van der Waals surface area (Å²) < 4.78 is 16.3. The quantitative estimate of drug-likeness (QED) is 0.847. The smallest absolute Gasteiger partial charge is 0.128 e. The molecule has 1 aliphatic rings. The number of piperidine rings is 1. The number of hydrogen-bond donors (Lipinski definition) is 1. The molecule has 1 aromatic rings. The van der Waals surface area contributed by atoms with Gasteiger partial charge in [-0.1, -0.05) is 6.92 Å². The highest BCUT2D eigenvalue weighted by Gasteiger charge is 2.32. The number of nitrogens with one attached hydrogen (secondary N) is 1. The molecule has 0 aliphatic carbocycles. The number of rotatable bonds is 3. The second-order valence-corrected chi connectivity index (χ2v) is 4.71. The second kappa shape index (κ2) is 4.53. The van der Waals surface area contributed by atoms with Gasteiger partial charge < -0.3 is 5.32 Å². The monoisotopic (exact) mass is 225 g/mol. The summed E-state index contributed by atoms with van der Waals surface area (Å²) in [5, 5.41) is 7.49. The number of nitrogens with zero attached hydrogens (tertiary/aromatic N) is 2. The van der Waals surface area contributed by atoms with E-state index in [9.17, 15) is 4.39 Å². The maximum Gasteiger partial charge on any atom is 0.128 e. The molecule has 3 nitrogen and oxygen atoms in total. The van der Waals surface area contributed by atoms with Crippen LogP contribution in [0.15, 0.2) is 6.07 Å². The van der Waals surface area contributed by atoms with E-state index >= 15 is 0 Å². The topological polar surface area (TPSA) is 29.9 Å². The molecule has 0 amide bonds. The maximum absolute atomic E-state index is 14.4. The van der Waals surface area contributed by atoms with Crippen molar-refractivity contribution < 1.29 is 4.39 Å². The van der Waals surface area contributed by atoms with Crippen LogP contribution in [-0.4, -0.2) is 28.5 Å². The van der Waals surface area contributed by atoms with Gasteiger partial charge in [-0.2, -0.15) is 5.10 Å². The lowest BCUT2D eigenvalue weighted by Crippen LogP contribution is -2.44. The Hall–Kier alpha value is -0.900. The first kappa shape index (κ1) is 11.6. The number of aromatic nitrogens is 2. The summed E-state index contributed by atoms with van der Waals surface area (Å²) in [4.78, 5) is 0. The van der Waals surface area contributed by atoms with Gasteiger partial charge in [-0.05, 0) is 31.9 Å². The van der Waals surface area contributed by atoms with E-state index in [0.717, 1.165) is 30.8 Å². The molecule has 0 radical (unpaired) electrons. The highest BCUT2D eigenvalue weighted by atomic mass is 19.1. The van der Waals surface area contributed by atoms with Crippen molar-refractivity contribution in [2.24, 2.45) is 7.05 Å². The van der Waals surface area contributed by atoms with E-state index in [0.29, 0.717) is 19.4 Å². The summed E-state index contributed by atoms with van der Waals surface area (Å²) >= 11 is 0. The Kier molecular flexibility index (Phi) is 3.28.